The van der Waals surface area contributed by atoms with Crippen molar-refractivity contribution >= 4 is 12.2 Å². The molecule has 0 aliphatic carbocycles. The van der Waals surface area contributed by atoms with Crippen LogP contribution in [-0.2, 0) is 6.42 Å². The molecule has 0 fully saturated rings. The minimum Gasteiger partial charge on any atom is -0.366 e. The fraction of sp³-hybridized carbons (Fsp3) is 0.400. The van der Waals surface area contributed by atoms with Crippen LogP contribution in [0.3, 0.4) is 0 Å². The largest absolute Gasteiger partial charge is 0.366 e. The molecule has 0 saturated heterocycles. The Morgan fingerprint density at radius 1 is 1.50 bits per heavy atom. The lowest BCUT2D eigenvalue weighted by Crippen LogP contribution is -2.06. The van der Waals surface area contributed by atoms with E-state index in [0.29, 0.717) is 5.95 Å². The standard InChI is InChI=1S/C5H7N5/c6-5-9-8-4-2-1-3-7-10(4)5/h3H,1-2H2,(H2,6,9). The highest BCUT2D eigenvalue weighted by Crippen LogP contribution is 2.08. The first kappa shape index (κ1) is 5.40. The molecular formula is C5H7N5. The minimum atomic E-state index is 0.367. The van der Waals surface area contributed by atoms with E-state index in [1.807, 2.05) is 6.21 Å². The lowest BCUT2D eigenvalue weighted by Gasteiger charge is -2.03. The van der Waals surface area contributed by atoms with E-state index in [1.54, 1.807) is 4.68 Å². The van der Waals surface area contributed by atoms with Gasteiger partial charge in [0.1, 0.15) is 0 Å². The molecule has 52 valence electrons. The highest BCUT2D eigenvalue weighted by Gasteiger charge is 2.09. The molecule has 2 rings (SSSR count). The van der Waals surface area contributed by atoms with Crippen LogP contribution in [0.5, 0.6) is 0 Å². The maximum absolute atomic E-state index is 5.44. The number of hydrogen-bond donors (Lipinski definition) is 1. The van der Waals surface area contributed by atoms with E-state index >= 15 is 0 Å². The van der Waals surface area contributed by atoms with Crippen LogP contribution in [0.1, 0.15) is 12.2 Å². The number of nitrogens with two attached hydrogens (primary N) is 1. The monoisotopic (exact) mass is 137 g/mol. The SMILES string of the molecule is Nc1nnc2n1N=CCC2. The first-order valence-electron chi connectivity index (χ1n) is 3.10. The molecule has 0 bridgehead atoms. The fourth-order valence-corrected chi connectivity index (χ4v) is 0.941. The van der Waals surface area contributed by atoms with Crippen molar-refractivity contribution in [2.75, 3.05) is 5.73 Å². The van der Waals surface area contributed by atoms with Crippen LogP contribution in [-0.4, -0.2) is 21.1 Å². The first-order valence-corrected chi connectivity index (χ1v) is 3.10. The second-order valence-corrected chi connectivity index (χ2v) is 2.12. The van der Waals surface area contributed by atoms with Gasteiger partial charge in [-0.15, -0.1) is 10.2 Å². The zero-order valence-corrected chi connectivity index (χ0v) is 5.36. The van der Waals surface area contributed by atoms with Gasteiger partial charge in [-0.3, -0.25) is 0 Å². The quantitative estimate of drug-likeness (QED) is 0.531. The number of aryl methyl sites for hydroxylation is 1. The lowest BCUT2D eigenvalue weighted by molar-refractivity contribution is 0.747. The molecular weight excluding hydrogens is 130 g/mol. The Bertz CT molecular complexity index is 274. The van der Waals surface area contributed by atoms with Crippen LogP contribution >= 0.6 is 0 Å². The van der Waals surface area contributed by atoms with Crippen LogP contribution in [0.4, 0.5) is 5.95 Å². The van der Waals surface area contributed by atoms with Crippen molar-refractivity contribution < 1.29 is 0 Å². The van der Waals surface area contributed by atoms with Crippen LogP contribution in [0.2, 0.25) is 0 Å². The van der Waals surface area contributed by atoms with Crippen molar-refractivity contribution in [1.82, 2.24) is 14.9 Å². The van der Waals surface area contributed by atoms with Crippen molar-refractivity contribution in [3.8, 4) is 0 Å². The Hall–Kier alpha value is -1.39. The molecule has 1 aromatic rings. The third-order valence-corrected chi connectivity index (χ3v) is 1.42. The maximum Gasteiger partial charge on any atom is 0.243 e. The summed E-state index contributed by atoms with van der Waals surface area (Å²) in [6.07, 6.45) is 3.62. The molecule has 0 aromatic carbocycles. The molecule has 2 N–H and O–H groups in total. The van der Waals surface area contributed by atoms with Gasteiger partial charge in [0, 0.05) is 12.6 Å². The third-order valence-electron chi connectivity index (χ3n) is 1.42. The fourth-order valence-electron chi connectivity index (χ4n) is 0.941. The number of rotatable bonds is 0. The average molecular weight is 137 g/mol. The third kappa shape index (κ3) is 0.601. The van der Waals surface area contributed by atoms with E-state index in [2.05, 4.69) is 15.3 Å². The molecule has 2 heterocycles. The zero-order chi connectivity index (χ0) is 6.97. The van der Waals surface area contributed by atoms with E-state index in [0.717, 1.165) is 18.7 Å². The lowest BCUT2D eigenvalue weighted by atomic mass is 10.3. The molecule has 0 atom stereocenters. The Morgan fingerprint density at radius 3 is 3.20 bits per heavy atom. The average Bonchev–Trinajstić information content (AvgIpc) is 2.34. The molecule has 1 aliphatic heterocycles. The van der Waals surface area contributed by atoms with Gasteiger partial charge < -0.3 is 5.73 Å². The summed E-state index contributed by atoms with van der Waals surface area (Å²) in [5, 5.41) is 11.5. The number of nitrogen functional groups attached to an aromatic ring is 1. The van der Waals surface area contributed by atoms with E-state index in [4.69, 9.17) is 5.73 Å². The number of aromatic nitrogens is 3. The predicted molar refractivity (Wildman–Crippen MR) is 36.6 cm³/mol. The Balaban J connectivity index is 2.57. The van der Waals surface area contributed by atoms with Crippen molar-refractivity contribution in [3.05, 3.63) is 5.82 Å². The van der Waals surface area contributed by atoms with Crippen molar-refractivity contribution in [2.24, 2.45) is 5.10 Å². The summed E-state index contributed by atoms with van der Waals surface area (Å²) < 4.78 is 1.56. The van der Waals surface area contributed by atoms with Gasteiger partial charge in [0.05, 0.1) is 0 Å². The summed E-state index contributed by atoms with van der Waals surface area (Å²) in [4.78, 5) is 0. The summed E-state index contributed by atoms with van der Waals surface area (Å²) in [7, 11) is 0. The second-order valence-electron chi connectivity index (χ2n) is 2.12. The van der Waals surface area contributed by atoms with Gasteiger partial charge in [-0.1, -0.05) is 0 Å². The molecule has 5 heteroatoms. The molecule has 0 spiro atoms. The summed E-state index contributed by atoms with van der Waals surface area (Å²) in [5.74, 6) is 1.21. The zero-order valence-electron chi connectivity index (χ0n) is 5.36. The van der Waals surface area contributed by atoms with Gasteiger partial charge in [0.25, 0.3) is 0 Å². The van der Waals surface area contributed by atoms with E-state index in [1.165, 1.54) is 0 Å². The first-order chi connectivity index (χ1) is 4.88. The van der Waals surface area contributed by atoms with E-state index < -0.39 is 0 Å². The van der Waals surface area contributed by atoms with E-state index in [-0.39, 0.29) is 0 Å². The van der Waals surface area contributed by atoms with Crippen LogP contribution in [0, 0.1) is 0 Å². The Morgan fingerprint density at radius 2 is 2.40 bits per heavy atom. The Labute approximate surface area is 57.6 Å². The second kappa shape index (κ2) is 1.80. The van der Waals surface area contributed by atoms with Crippen molar-refractivity contribution in [3.63, 3.8) is 0 Å². The molecule has 1 aliphatic rings. The van der Waals surface area contributed by atoms with Gasteiger partial charge in [-0.2, -0.15) is 9.78 Å². The summed E-state index contributed by atoms with van der Waals surface area (Å²) in [5.41, 5.74) is 5.44. The number of nitrogens with zero attached hydrogens (tertiary/aromatic N) is 4. The maximum atomic E-state index is 5.44. The van der Waals surface area contributed by atoms with Crippen LogP contribution in [0.15, 0.2) is 5.10 Å². The van der Waals surface area contributed by atoms with Gasteiger partial charge >= 0.3 is 0 Å². The predicted octanol–water partition coefficient (Wildman–Crippen LogP) is -0.360. The number of fused-ring (bicyclic) bond motifs is 1. The summed E-state index contributed by atoms with van der Waals surface area (Å²) in [6, 6.07) is 0. The van der Waals surface area contributed by atoms with Crippen molar-refractivity contribution in [2.45, 2.75) is 12.8 Å². The molecule has 10 heavy (non-hydrogen) atoms. The van der Waals surface area contributed by atoms with Crippen molar-refractivity contribution in [1.29, 1.82) is 0 Å². The smallest absolute Gasteiger partial charge is 0.243 e. The number of anilines is 1. The van der Waals surface area contributed by atoms with Gasteiger partial charge in [-0.05, 0) is 6.42 Å². The van der Waals surface area contributed by atoms with Crippen LogP contribution < -0.4 is 5.73 Å². The molecule has 0 saturated carbocycles. The van der Waals surface area contributed by atoms with Gasteiger partial charge in [-0.25, -0.2) is 0 Å². The summed E-state index contributed by atoms with van der Waals surface area (Å²) in [6.45, 7) is 0. The van der Waals surface area contributed by atoms with E-state index in [9.17, 15) is 0 Å². The molecule has 0 amide bonds. The topological polar surface area (TPSA) is 69.1 Å². The molecule has 0 radical (unpaired) electrons. The molecule has 1 aromatic heterocycles. The minimum absolute atomic E-state index is 0.367. The van der Waals surface area contributed by atoms with Gasteiger partial charge in [0.15, 0.2) is 5.82 Å². The highest BCUT2D eigenvalue weighted by atomic mass is 15.5. The van der Waals surface area contributed by atoms with Gasteiger partial charge in [0.2, 0.25) is 5.95 Å². The number of hydrogen-bond acceptors (Lipinski definition) is 4. The van der Waals surface area contributed by atoms with Crippen LogP contribution in [0.25, 0.3) is 0 Å². The highest BCUT2D eigenvalue weighted by molar-refractivity contribution is 5.59. The summed E-state index contributed by atoms with van der Waals surface area (Å²) >= 11 is 0. The Kier molecular flexibility index (Phi) is 0.969. The molecule has 5 nitrogen and oxygen atoms in total. The molecule has 0 unspecified atom stereocenters. The normalized spacial score (nSPS) is 15.2.